The van der Waals surface area contributed by atoms with Crippen LogP contribution in [0.1, 0.15) is 27.7 Å². The van der Waals surface area contributed by atoms with Gasteiger partial charge in [-0.2, -0.15) is 0 Å². The van der Waals surface area contributed by atoms with Crippen LogP contribution in [0.25, 0.3) is 0 Å². The SMILES string of the molecule is CCOC(=O)C(C(=O)Nc1ccncc1F)C(C)(C)C. The van der Waals surface area contributed by atoms with Crippen molar-refractivity contribution < 1.29 is 18.7 Å². The molecule has 1 amide bonds. The number of halogens is 1. The van der Waals surface area contributed by atoms with E-state index in [1.165, 1.54) is 12.3 Å². The van der Waals surface area contributed by atoms with Gasteiger partial charge in [-0.1, -0.05) is 20.8 Å². The van der Waals surface area contributed by atoms with Crippen molar-refractivity contribution >= 4 is 17.6 Å². The van der Waals surface area contributed by atoms with Gasteiger partial charge in [0.05, 0.1) is 18.5 Å². The van der Waals surface area contributed by atoms with Crippen molar-refractivity contribution in [3.05, 3.63) is 24.3 Å². The van der Waals surface area contributed by atoms with Crippen molar-refractivity contribution in [1.29, 1.82) is 0 Å². The number of carbonyl (C=O) groups is 2. The standard InChI is InChI=1S/C14H19FN2O3/c1-5-20-13(19)11(14(2,3)4)12(18)17-10-6-7-16-8-9(10)15/h6-8,11H,5H2,1-4H3,(H,16,17,18). The number of aromatic nitrogens is 1. The molecule has 1 heterocycles. The van der Waals surface area contributed by atoms with Crippen LogP contribution < -0.4 is 5.32 Å². The Bertz CT molecular complexity index is 497. The fraction of sp³-hybridized carbons (Fsp3) is 0.500. The van der Waals surface area contributed by atoms with E-state index in [9.17, 15) is 14.0 Å². The second-order valence-corrected chi connectivity index (χ2v) is 5.40. The van der Waals surface area contributed by atoms with E-state index in [1.54, 1.807) is 27.7 Å². The molecule has 1 aromatic rings. The maximum absolute atomic E-state index is 13.5. The Morgan fingerprint density at radius 3 is 2.60 bits per heavy atom. The number of rotatable bonds is 4. The van der Waals surface area contributed by atoms with Gasteiger partial charge in [0.1, 0.15) is 5.92 Å². The van der Waals surface area contributed by atoms with Crippen LogP contribution in [0.5, 0.6) is 0 Å². The molecule has 20 heavy (non-hydrogen) atoms. The van der Waals surface area contributed by atoms with Crippen LogP contribution in [0.3, 0.4) is 0 Å². The Morgan fingerprint density at radius 2 is 2.10 bits per heavy atom. The highest BCUT2D eigenvalue weighted by atomic mass is 19.1. The van der Waals surface area contributed by atoms with Gasteiger partial charge in [-0.15, -0.1) is 0 Å². The molecule has 0 radical (unpaired) electrons. The lowest BCUT2D eigenvalue weighted by Crippen LogP contribution is -2.40. The molecule has 0 saturated carbocycles. The molecule has 5 nitrogen and oxygen atoms in total. The summed E-state index contributed by atoms with van der Waals surface area (Å²) in [7, 11) is 0. The summed E-state index contributed by atoms with van der Waals surface area (Å²) in [5, 5.41) is 2.40. The number of esters is 1. The molecule has 1 aromatic heterocycles. The molecule has 1 N–H and O–H groups in total. The maximum atomic E-state index is 13.5. The number of amides is 1. The summed E-state index contributed by atoms with van der Waals surface area (Å²) in [6.07, 6.45) is 2.35. The average Bonchev–Trinajstić information content (AvgIpc) is 2.30. The fourth-order valence-electron chi connectivity index (χ4n) is 1.76. The first-order valence-electron chi connectivity index (χ1n) is 6.34. The summed E-state index contributed by atoms with van der Waals surface area (Å²) >= 11 is 0. The normalized spacial score (nSPS) is 12.7. The number of hydrogen-bond acceptors (Lipinski definition) is 4. The summed E-state index contributed by atoms with van der Waals surface area (Å²) in [4.78, 5) is 27.7. The number of pyridine rings is 1. The molecular weight excluding hydrogens is 263 g/mol. The second kappa shape index (κ2) is 6.45. The first-order chi connectivity index (χ1) is 9.27. The van der Waals surface area contributed by atoms with E-state index >= 15 is 0 Å². The molecule has 0 aliphatic heterocycles. The number of hydrogen-bond donors (Lipinski definition) is 1. The highest BCUT2D eigenvalue weighted by Crippen LogP contribution is 2.28. The quantitative estimate of drug-likeness (QED) is 0.680. The summed E-state index contributed by atoms with van der Waals surface area (Å²) < 4.78 is 18.4. The Balaban J connectivity index is 2.95. The molecule has 6 heteroatoms. The molecular formula is C14H19FN2O3. The molecule has 0 saturated heterocycles. The molecule has 0 fully saturated rings. The van der Waals surface area contributed by atoms with Gasteiger partial charge >= 0.3 is 5.97 Å². The minimum absolute atomic E-state index is 0.0106. The van der Waals surface area contributed by atoms with Gasteiger partial charge in [-0.25, -0.2) is 4.39 Å². The lowest BCUT2D eigenvalue weighted by Gasteiger charge is -2.27. The lowest BCUT2D eigenvalue weighted by atomic mass is 9.80. The monoisotopic (exact) mass is 282 g/mol. The van der Waals surface area contributed by atoms with Crippen LogP contribution in [0.15, 0.2) is 18.5 Å². The van der Waals surface area contributed by atoms with Crippen molar-refractivity contribution in [3.8, 4) is 0 Å². The molecule has 0 bridgehead atoms. The van der Waals surface area contributed by atoms with Crippen LogP contribution in [0.2, 0.25) is 0 Å². The molecule has 0 spiro atoms. The molecule has 1 rings (SSSR count). The van der Waals surface area contributed by atoms with Gasteiger partial charge < -0.3 is 10.1 Å². The first-order valence-corrected chi connectivity index (χ1v) is 6.34. The van der Waals surface area contributed by atoms with E-state index in [0.717, 1.165) is 6.20 Å². The molecule has 0 aliphatic rings. The number of anilines is 1. The average molecular weight is 282 g/mol. The van der Waals surface area contributed by atoms with Gasteiger partial charge in [-0.05, 0) is 18.4 Å². The summed E-state index contributed by atoms with van der Waals surface area (Å²) in [5.41, 5.74) is -0.650. The van der Waals surface area contributed by atoms with E-state index in [4.69, 9.17) is 4.74 Å². The minimum atomic E-state index is -1.02. The lowest BCUT2D eigenvalue weighted by molar-refractivity contribution is -0.155. The Hall–Kier alpha value is -1.98. The number of nitrogens with zero attached hydrogens (tertiary/aromatic N) is 1. The predicted molar refractivity (Wildman–Crippen MR) is 72.4 cm³/mol. The first kappa shape index (κ1) is 16.1. The molecule has 110 valence electrons. The van der Waals surface area contributed by atoms with Gasteiger partial charge in [0.2, 0.25) is 5.91 Å². The number of nitrogens with one attached hydrogen (secondary N) is 1. The number of ether oxygens (including phenoxy) is 1. The van der Waals surface area contributed by atoms with Crippen molar-refractivity contribution in [2.24, 2.45) is 11.3 Å². The van der Waals surface area contributed by atoms with Crippen LogP contribution in [0.4, 0.5) is 10.1 Å². The fourth-order valence-corrected chi connectivity index (χ4v) is 1.76. The predicted octanol–water partition coefficient (Wildman–Crippen LogP) is 2.38. The van der Waals surface area contributed by atoms with Crippen molar-refractivity contribution in [3.63, 3.8) is 0 Å². The van der Waals surface area contributed by atoms with E-state index < -0.39 is 29.0 Å². The van der Waals surface area contributed by atoms with E-state index in [1.807, 2.05) is 0 Å². The van der Waals surface area contributed by atoms with Crippen molar-refractivity contribution in [2.75, 3.05) is 11.9 Å². The Labute approximate surface area is 117 Å². The Morgan fingerprint density at radius 1 is 1.45 bits per heavy atom. The highest BCUT2D eigenvalue weighted by Gasteiger charge is 2.39. The third kappa shape index (κ3) is 4.01. The zero-order valence-corrected chi connectivity index (χ0v) is 12.1. The molecule has 1 atom stereocenters. The maximum Gasteiger partial charge on any atom is 0.319 e. The molecule has 0 aliphatic carbocycles. The smallest absolute Gasteiger partial charge is 0.319 e. The largest absolute Gasteiger partial charge is 0.465 e. The molecule has 1 unspecified atom stereocenters. The van der Waals surface area contributed by atoms with Crippen molar-refractivity contribution in [1.82, 2.24) is 4.98 Å². The van der Waals surface area contributed by atoms with Gasteiger partial charge in [-0.3, -0.25) is 14.6 Å². The van der Waals surface area contributed by atoms with Crippen LogP contribution in [-0.2, 0) is 14.3 Å². The van der Waals surface area contributed by atoms with E-state index in [-0.39, 0.29) is 12.3 Å². The summed E-state index contributed by atoms with van der Waals surface area (Å²) in [6, 6.07) is 1.33. The van der Waals surface area contributed by atoms with Gasteiger partial charge in [0, 0.05) is 6.20 Å². The third-order valence-corrected chi connectivity index (χ3v) is 2.68. The second-order valence-electron chi connectivity index (χ2n) is 5.40. The topological polar surface area (TPSA) is 68.3 Å². The van der Waals surface area contributed by atoms with Crippen molar-refractivity contribution in [2.45, 2.75) is 27.7 Å². The zero-order valence-electron chi connectivity index (χ0n) is 12.1. The van der Waals surface area contributed by atoms with E-state index in [0.29, 0.717) is 0 Å². The van der Waals surface area contributed by atoms with E-state index in [2.05, 4.69) is 10.3 Å². The highest BCUT2D eigenvalue weighted by molar-refractivity contribution is 6.05. The summed E-state index contributed by atoms with van der Waals surface area (Å²) in [6.45, 7) is 7.09. The molecule has 0 aromatic carbocycles. The van der Waals surface area contributed by atoms with Gasteiger partial charge in [0.15, 0.2) is 5.82 Å². The Kier molecular flexibility index (Phi) is 5.19. The van der Waals surface area contributed by atoms with Crippen LogP contribution in [0, 0.1) is 17.2 Å². The number of carbonyl (C=O) groups excluding carboxylic acids is 2. The minimum Gasteiger partial charge on any atom is -0.465 e. The van der Waals surface area contributed by atoms with Crippen LogP contribution in [-0.4, -0.2) is 23.5 Å². The van der Waals surface area contributed by atoms with Gasteiger partial charge in [0.25, 0.3) is 0 Å². The van der Waals surface area contributed by atoms with Crippen LogP contribution >= 0.6 is 0 Å². The summed E-state index contributed by atoms with van der Waals surface area (Å²) in [5.74, 6) is -2.89. The third-order valence-electron chi connectivity index (χ3n) is 2.68. The zero-order chi connectivity index (χ0) is 15.3.